The van der Waals surface area contributed by atoms with Gasteiger partial charge in [0.1, 0.15) is 6.04 Å². The van der Waals surface area contributed by atoms with Crippen LogP contribution in [0.25, 0.3) is 0 Å². The molecule has 2 amide bonds. The van der Waals surface area contributed by atoms with Crippen LogP contribution in [0.3, 0.4) is 0 Å². The average molecular weight is 354 g/mol. The summed E-state index contributed by atoms with van der Waals surface area (Å²) in [6.45, 7) is 9.49. The third kappa shape index (κ3) is 5.97. The number of carbonyl (C=O) groups is 3. The van der Waals surface area contributed by atoms with Gasteiger partial charge in [0.2, 0.25) is 11.8 Å². The second-order valence-electron chi connectivity index (χ2n) is 7.92. The van der Waals surface area contributed by atoms with E-state index in [1.807, 2.05) is 25.7 Å². The van der Waals surface area contributed by atoms with Crippen LogP contribution in [-0.2, 0) is 14.4 Å². The average Bonchev–Trinajstić information content (AvgIpc) is 2.94. The Hall–Kier alpha value is -1.67. The molecule has 25 heavy (non-hydrogen) atoms. The topological polar surface area (TPSA) is 93.2 Å². The largest absolute Gasteiger partial charge is 0.480 e. The summed E-state index contributed by atoms with van der Waals surface area (Å²) in [5.74, 6) is -0.874. The first-order valence-electron chi connectivity index (χ1n) is 8.94. The van der Waals surface area contributed by atoms with Crippen molar-refractivity contribution in [1.29, 1.82) is 0 Å². The highest BCUT2D eigenvalue weighted by Gasteiger charge is 2.33. The van der Waals surface area contributed by atoms with Crippen LogP contribution in [0.1, 0.15) is 33.6 Å². The maximum absolute atomic E-state index is 12.4. The van der Waals surface area contributed by atoms with Crippen molar-refractivity contribution in [2.24, 2.45) is 0 Å². The van der Waals surface area contributed by atoms with Crippen molar-refractivity contribution in [3.8, 4) is 0 Å². The minimum atomic E-state index is -0.847. The lowest BCUT2D eigenvalue weighted by atomic mass is 10.1. The van der Waals surface area contributed by atoms with Gasteiger partial charge >= 0.3 is 5.97 Å². The molecule has 2 heterocycles. The zero-order valence-corrected chi connectivity index (χ0v) is 15.5. The predicted molar refractivity (Wildman–Crippen MR) is 93.1 cm³/mol. The molecule has 8 nitrogen and oxygen atoms in total. The van der Waals surface area contributed by atoms with E-state index in [0.29, 0.717) is 45.7 Å². The van der Waals surface area contributed by atoms with Crippen molar-refractivity contribution in [2.75, 3.05) is 45.8 Å². The molecule has 0 aliphatic carbocycles. The molecule has 2 N–H and O–H groups in total. The number of amides is 2. The highest BCUT2D eigenvalue weighted by molar-refractivity contribution is 5.81. The summed E-state index contributed by atoms with van der Waals surface area (Å²) in [7, 11) is 0. The molecule has 8 heteroatoms. The summed E-state index contributed by atoms with van der Waals surface area (Å²) >= 11 is 0. The van der Waals surface area contributed by atoms with E-state index < -0.39 is 12.0 Å². The third-order valence-corrected chi connectivity index (χ3v) is 4.59. The van der Waals surface area contributed by atoms with Gasteiger partial charge < -0.3 is 15.3 Å². The van der Waals surface area contributed by atoms with Gasteiger partial charge in [-0.25, -0.2) is 0 Å². The number of nitrogens with one attached hydrogen (secondary N) is 1. The fourth-order valence-electron chi connectivity index (χ4n) is 3.39. The number of nitrogens with zero attached hydrogens (tertiary/aromatic N) is 3. The van der Waals surface area contributed by atoms with E-state index in [4.69, 9.17) is 0 Å². The van der Waals surface area contributed by atoms with Crippen molar-refractivity contribution >= 4 is 17.8 Å². The minimum absolute atomic E-state index is 0.00589. The molecule has 2 saturated heterocycles. The Labute approximate surface area is 149 Å². The van der Waals surface area contributed by atoms with Crippen LogP contribution in [0.2, 0.25) is 0 Å². The Kier molecular flexibility index (Phi) is 6.40. The molecule has 2 rings (SSSR count). The number of aliphatic carboxylic acids is 1. The SMILES string of the molecule is CC(C)(C)NC(=O)CN1CCN(C(=O)CN2CCCC2C(=O)O)CC1. The molecule has 2 aliphatic rings. The maximum atomic E-state index is 12.4. The monoisotopic (exact) mass is 354 g/mol. The van der Waals surface area contributed by atoms with Gasteiger partial charge in [0.15, 0.2) is 0 Å². The van der Waals surface area contributed by atoms with E-state index in [1.165, 1.54) is 0 Å². The van der Waals surface area contributed by atoms with E-state index in [9.17, 15) is 19.5 Å². The third-order valence-electron chi connectivity index (χ3n) is 4.59. The van der Waals surface area contributed by atoms with Crippen LogP contribution in [-0.4, -0.2) is 95.0 Å². The fraction of sp³-hybridized carbons (Fsp3) is 0.824. The van der Waals surface area contributed by atoms with Crippen molar-refractivity contribution in [3.05, 3.63) is 0 Å². The summed E-state index contributed by atoms with van der Waals surface area (Å²) in [5.41, 5.74) is -0.245. The standard InChI is InChI=1S/C17H30N4O4/c1-17(2,3)18-14(22)11-19-7-9-20(10-8-19)15(23)12-21-6-4-5-13(21)16(24)25/h13H,4-12H2,1-3H3,(H,18,22)(H,24,25). The fourth-order valence-corrected chi connectivity index (χ4v) is 3.39. The first kappa shape index (κ1) is 19.7. The highest BCUT2D eigenvalue weighted by Crippen LogP contribution is 2.17. The first-order chi connectivity index (χ1) is 11.7. The highest BCUT2D eigenvalue weighted by atomic mass is 16.4. The molecule has 0 radical (unpaired) electrons. The second-order valence-corrected chi connectivity index (χ2v) is 7.92. The Balaban J connectivity index is 1.75. The summed E-state index contributed by atoms with van der Waals surface area (Å²) in [4.78, 5) is 41.2. The smallest absolute Gasteiger partial charge is 0.320 e. The number of carbonyl (C=O) groups excluding carboxylic acids is 2. The molecule has 2 aliphatic heterocycles. The number of carboxylic acids is 1. The van der Waals surface area contributed by atoms with E-state index in [2.05, 4.69) is 5.32 Å². The van der Waals surface area contributed by atoms with E-state index in [0.717, 1.165) is 6.42 Å². The zero-order chi connectivity index (χ0) is 18.6. The summed E-state index contributed by atoms with van der Waals surface area (Å²) in [6, 6.07) is -0.536. The molecule has 0 aromatic rings. The molecular formula is C17H30N4O4. The van der Waals surface area contributed by atoms with Crippen LogP contribution in [0.15, 0.2) is 0 Å². The number of piperazine rings is 1. The summed E-state index contributed by atoms with van der Waals surface area (Å²) in [5, 5.41) is 12.1. The second kappa shape index (κ2) is 8.14. The normalized spacial score (nSPS) is 22.8. The van der Waals surface area contributed by atoms with Gasteiger partial charge in [-0.15, -0.1) is 0 Å². The Morgan fingerprint density at radius 2 is 1.68 bits per heavy atom. The quantitative estimate of drug-likeness (QED) is 0.698. The van der Waals surface area contributed by atoms with Gasteiger partial charge in [-0.05, 0) is 40.2 Å². The van der Waals surface area contributed by atoms with Crippen LogP contribution in [0, 0.1) is 0 Å². The molecular weight excluding hydrogens is 324 g/mol. The van der Waals surface area contributed by atoms with Gasteiger partial charge in [0, 0.05) is 31.7 Å². The van der Waals surface area contributed by atoms with Gasteiger partial charge in [-0.2, -0.15) is 0 Å². The lowest BCUT2D eigenvalue weighted by Crippen LogP contribution is -2.54. The van der Waals surface area contributed by atoms with Crippen LogP contribution in [0.5, 0.6) is 0 Å². The Bertz CT molecular complexity index is 509. The molecule has 2 fully saturated rings. The molecule has 1 atom stereocenters. The van der Waals surface area contributed by atoms with Crippen molar-refractivity contribution in [2.45, 2.75) is 45.2 Å². The Morgan fingerprint density at radius 3 is 2.24 bits per heavy atom. The van der Waals surface area contributed by atoms with Gasteiger partial charge in [0.05, 0.1) is 13.1 Å². The van der Waals surface area contributed by atoms with E-state index in [1.54, 1.807) is 9.80 Å². The number of carboxylic acid groups (broad SMARTS) is 1. The maximum Gasteiger partial charge on any atom is 0.320 e. The van der Waals surface area contributed by atoms with Crippen LogP contribution < -0.4 is 5.32 Å². The van der Waals surface area contributed by atoms with Crippen molar-refractivity contribution in [1.82, 2.24) is 20.0 Å². The summed E-state index contributed by atoms with van der Waals surface area (Å²) in [6.07, 6.45) is 1.43. The molecule has 142 valence electrons. The van der Waals surface area contributed by atoms with Gasteiger partial charge in [-0.1, -0.05) is 0 Å². The van der Waals surface area contributed by atoms with Crippen LogP contribution in [0.4, 0.5) is 0 Å². The van der Waals surface area contributed by atoms with E-state index in [-0.39, 0.29) is 23.9 Å². The van der Waals surface area contributed by atoms with Gasteiger partial charge in [-0.3, -0.25) is 24.2 Å². The molecule has 0 spiro atoms. The lowest BCUT2D eigenvalue weighted by Gasteiger charge is -2.36. The molecule has 1 unspecified atom stereocenters. The summed E-state index contributed by atoms with van der Waals surface area (Å²) < 4.78 is 0. The Morgan fingerprint density at radius 1 is 1.04 bits per heavy atom. The first-order valence-corrected chi connectivity index (χ1v) is 8.94. The number of rotatable bonds is 5. The predicted octanol–water partition coefficient (Wildman–Crippen LogP) is -0.406. The molecule has 0 bridgehead atoms. The lowest BCUT2D eigenvalue weighted by molar-refractivity contribution is -0.143. The van der Waals surface area contributed by atoms with E-state index >= 15 is 0 Å². The number of hydrogen-bond acceptors (Lipinski definition) is 5. The number of likely N-dealkylation sites (tertiary alicyclic amines) is 1. The van der Waals surface area contributed by atoms with Crippen molar-refractivity contribution < 1.29 is 19.5 Å². The van der Waals surface area contributed by atoms with Crippen LogP contribution >= 0.6 is 0 Å². The minimum Gasteiger partial charge on any atom is -0.480 e. The van der Waals surface area contributed by atoms with Crippen molar-refractivity contribution in [3.63, 3.8) is 0 Å². The van der Waals surface area contributed by atoms with Gasteiger partial charge in [0.25, 0.3) is 0 Å². The molecule has 0 saturated carbocycles. The zero-order valence-electron chi connectivity index (χ0n) is 15.5. The molecule has 0 aromatic carbocycles. The number of hydrogen-bond donors (Lipinski definition) is 2. The molecule has 0 aromatic heterocycles.